The van der Waals surface area contributed by atoms with Crippen LogP contribution in [-0.4, -0.2) is 29.6 Å². The Bertz CT molecular complexity index is 374. The van der Waals surface area contributed by atoms with Crippen LogP contribution in [0.15, 0.2) is 12.3 Å². The summed E-state index contributed by atoms with van der Waals surface area (Å²) in [7, 11) is 0. The maximum absolute atomic E-state index is 11.9. The Hall–Kier alpha value is -1.00. The third-order valence-electron chi connectivity index (χ3n) is 2.40. The lowest BCUT2D eigenvalue weighted by Gasteiger charge is -2.10. The van der Waals surface area contributed by atoms with Crippen LogP contribution < -0.4 is 10.6 Å². The Balaban J connectivity index is 2.46. The summed E-state index contributed by atoms with van der Waals surface area (Å²) in [5.74, 6) is -0.0793. The van der Waals surface area contributed by atoms with Crippen LogP contribution >= 0.6 is 11.6 Å². The van der Waals surface area contributed by atoms with E-state index in [-0.39, 0.29) is 5.91 Å². The van der Waals surface area contributed by atoms with Gasteiger partial charge in [0, 0.05) is 31.9 Å². The van der Waals surface area contributed by atoms with Crippen molar-refractivity contribution in [3.05, 3.63) is 23.0 Å². The first-order chi connectivity index (χ1) is 8.04. The van der Waals surface area contributed by atoms with Crippen LogP contribution in [0.2, 0.25) is 5.02 Å². The van der Waals surface area contributed by atoms with E-state index in [4.69, 9.17) is 11.6 Å². The fourth-order valence-corrected chi connectivity index (χ4v) is 1.78. The van der Waals surface area contributed by atoms with Crippen molar-refractivity contribution in [1.82, 2.24) is 15.2 Å². The number of amides is 1. The predicted octanol–water partition coefficient (Wildman–Crippen LogP) is 1.89. The normalized spacial score (nSPS) is 10.9. The molecule has 1 rings (SSSR count). The number of halogens is 1. The lowest BCUT2D eigenvalue weighted by atomic mass is 10.3. The largest absolute Gasteiger partial charge is 0.349 e. The van der Waals surface area contributed by atoms with E-state index in [0.717, 1.165) is 13.1 Å². The summed E-state index contributed by atoms with van der Waals surface area (Å²) < 4.78 is 1.84. The molecular weight excluding hydrogens is 238 g/mol. The third-order valence-corrected chi connectivity index (χ3v) is 2.61. The van der Waals surface area contributed by atoms with Crippen LogP contribution in [-0.2, 0) is 6.54 Å². The molecule has 0 radical (unpaired) electrons. The fourth-order valence-electron chi connectivity index (χ4n) is 1.55. The number of carbonyl (C=O) groups is 1. The highest BCUT2D eigenvalue weighted by Gasteiger charge is 2.11. The average molecular weight is 258 g/mol. The monoisotopic (exact) mass is 257 g/mol. The van der Waals surface area contributed by atoms with Crippen LogP contribution in [0, 0.1) is 0 Å². The van der Waals surface area contributed by atoms with Gasteiger partial charge in [-0.15, -0.1) is 0 Å². The van der Waals surface area contributed by atoms with Gasteiger partial charge in [-0.2, -0.15) is 0 Å². The summed E-state index contributed by atoms with van der Waals surface area (Å²) in [6, 6.07) is 2.12. The Morgan fingerprint density at radius 3 is 2.76 bits per heavy atom. The molecule has 0 aliphatic carbocycles. The highest BCUT2D eigenvalue weighted by atomic mass is 35.5. The number of rotatable bonds is 6. The van der Waals surface area contributed by atoms with Gasteiger partial charge in [0.15, 0.2) is 0 Å². The number of nitrogens with zero attached hydrogens (tertiary/aromatic N) is 1. The summed E-state index contributed by atoms with van der Waals surface area (Å²) in [5.41, 5.74) is 0.613. The van der Waals surface area contributed by atoms with Gasteiger partial charge in [0.2, 0.25) is 0 Å². The number of aryl methyl sites for hydroxylation is 1. The highest BCUT2D eigenvalue weighted by Crippen LogP contribution is 2.13. The first kappa shape index (κ1) is 14.1. The number of carbonyl (C=O) groups excluding carboxylic acids is 1. The molecule has 96 valence electrons. The van der Waals surface area contributed by atoms with Crippen LogP contribution in [0.3, 0.4) is 0 Å². The maximum Gasteiger partial charge on any atom is 0.268 e. The zero-order valence-corrected chi connectivity index (χ0v) is 11.3. The minimum Gasteiger partial charge on any atom is -0.349 e. The van der Waals surface area contributed by atoms with E-state index in [1.54, 1.807) is 12.3 Å². The van der Waals surface area contributed by atoms with Gasteiger partial charge < -0.3 is 15.2 Å². The average Bonchev–Trinajstić information content (AvgIpc) is 2.65. The van der Waals surface area contributed by atoms with E-state index < -0.39 is 0 Å². The quantitative estimate of drug-likeness (QED) is 0.765. The smallest absolute Gasteiger partial charge is 0.268 e. The van der Waals surface area contributed by atoms with Crippen LogP contribution in [0.25, 0.3) is 0 Å². The molecule has 0 aliphatic heterocycles. The molecule has 1 aromatic heterocycles. The van der Waals surface area contributed by atoms with Crippen molar-refractivity contribution in [1.29, 1.82) is 0 Å². The van der Waals surface area contributed by atoms with Crippen molar-refractivity contribution in [3.63, 3.8) is 0 Å². The Kier molecular flexibility index (Phi) is 5.51. The minimum atomic E-state index is -0.0793. The van der Waals surface area contributed by atoms with E-state index in [1.165, 1.54) is 0 Å². The third kappa shape index (κ3) is 4.40. The molecule has 5 heteroatoms. The van der Waals surface area contributed by atoms with E-state index in [9.17, 15) is 4.79 Å². The minimum absolute atomic E-state index is 0.0793. The lowest BCUT2D eigenvalue weighted by Crippen LogP contribution is -2.35. The summed E-state index contributed by atoms with van der Waals surface area (Å²) in [4.78, 5) is 11.9. The van der Waals surface area contributed by atoms with Crippen molar-refractivity contribution in [2.75, 3.05) is 13.1 Å². The second-order valence-electron chi connectivity index (χ2n) is 4.19. The van der Waals surface area contributed by atoms with E-state index in [2.05, 4.69) is 24.5 Å². The molecule has 0 aliphatic rings. The van der Waals surface area contributed by atoms with Gasteiger partial charge in [-0.05, 0) is 13.0 Å². The molecule has 2 N–H and O–H groups in total. The van der Waals surface area contributed by atoms with Crippen molar-refractivity contribution >= 4 is 17.5 Å². The van der Waals surface area contributed by atoms with Gasteiger partial charge in [-0.25, -0.2) is 0 Å². The van der Waals surface area contributed by atoms with Gasteiger partial charge in [-0.1, -0.05) is 25.4 Å². The molecule has 0 bridgehead atoms. The second-order valence-corrected chi connectivity index (χ2v) is 4.63. The number of nitrogens with one attached hydrogen (secondary N) is 2. The van der Waals surface area contributed by atoms with Crippen LogP contribution in [0.5, 0.6) is 0 Å². The number of hydrogen-bond acceptors (Lipinski definition) is 2. The molecule has 0 atom stereocenters. The molecule has 1 amide bonds. The predicted molar refractivity (Wildman–Crippen MR) is 70.6 cm³/mol. The van der Waals surface area contributed by atoms with Crippen molar-refractivity contribution < 1.29 is 4.79 Å². The van der Waals surface area contributed by atoms with Gasteiger partial charge >= 0.3 is 0 Å². The van der Waals surface area contributed by atoms with E-state index in [1.807, 2.05) is 11.5 Å². The summed E-state index contributed by atoms with van der Waals surface area (Å²) in [6.45, 7) is 8.24. The van der Waals surface area contributed by atoms with Gasteiger partial charge in [-0.3, -0.25) is 4.79 Å². The molecule has 0 fully saturated rings. The number of hydrogen-bond donors (Lipinski definition) is 2. The van der Waals surface area contributed by atoms with Crippen molar-refractivity contribution in [3.8, 4) is 0 Å². The molecular formula is C12H20ClN3O. The highest BCUT2D eigenvalue weighted by molar-refractivity contribution is 6.31. The summed E-state index contributed by atoms with van der Waals surface area (Å²) in [6.07, 6.45) is 1.77. The van der Waals surface area contributed by atoms with E-state index >= 15 is 0 Å². The van der Waals surface area contributed by atoms with E-state index in [0.29, 0.717) is 23.3 Å². The van der Waals surface area contributed by atoms with Crippen molar-refractivity contribution in [2.45, 2.75) is 33.4 Å². The maximum atomic E-state index is 11.9. The molecule has 4 nitrogen and oxygen atoms in total. The molecule has 1 heterocycles. The van der Waals surface area contributed by atoms with Crippen LogP contribution in [0.4, 0.5) is 0 Å². The SMILES string of the molecule is CCn1cc(Cl)cc1C(=O)NCCNC(C)C. The molecule has 0 aromatic carbocycles. The van der Waals surface area contributed by atoms with Crippen LogP contribution in [0.1, 0.15) is 31.3 Å². The Labute approximate surface area is 107 Å². The lowest BCUT2D eigenvalue weighted by molar-refractivity contribution is 0.0944. The van der Waals surface area contributed by atoms with Gasteiger partial charge in [0.05, 0.1) is 5.02 Å². The topological polar surface area (TPSA) is 46.1 Å². The first-order valence-corrected chi connectivity index (χ1v) is 6.29. The zero-order valence-electron chi connectivity index (χ0n) is 10.6. The Morgan fingerprint density at radius 2 is 2.18 bits per heavy atom. The zero-order chi connectivity index (χ0) is 12.8. The van der Waals surface area contributed by atoms with Crippen molar-refractivity contribution in [2.24, 2.45) is 0 Å². The summed E-state index contributed by atoms with van der Waals surface area (Å²) >= 11 is 5.88. The standard InChI is InChI=1S/C12H20ClN3O/c1-4-16-8-10(13)7-11(16)12(17)15-6-5-14-9(2)3/h7-9,14H,4-6H2,1-3H3,(H,15,17). The Morgan fingerprint density at radius 1 is 1.47 bits per heavy atom. The molecule has 0 saturated carbocycles. The molecule has 0 spiro atoms. The molecule has 1 aromatic rings. The molecule has 0 saturated heterocycles. The molecule has 17 heavy (non-hydrogen) atoms. The van der Waals surface area contributed by atoms with Gasteiger partial charge in [0.1, 0.15) is 5.69 Å². The summed E-state index contributed by atoms with van der Waals surface area (Å²) in [5, 5.41) is 6.69. The molecule has 0 unspecified atom stereocenters. The first-order valence-electron chi connectivity index (χ1n) is 5.91. The van der Waals surface area contributed by atoms with Gasteiger partial charge in [0.25, 0.3) is 5.91 Å². The fraction of sp³-hybridized carbons (Fsp3) is 0.583. The second kappa shape index (κ2) is 6.67. The number of aromatic nitrogens is 1.